The summed E-state index contributed by atoms with van der Waals surface area (Å²) in [5.74, 6) is 1.68. The fourth-order valence-corrected chi connectivity index (χ4v) is 2.61. The Kier molecular flexibility index (Phi) is 6.29. The molecule has 0 aliphatic rings. The van der Waals surface area contributed by atoms with Gasteiger partial charge in [0, 0.05) is 18.9 Å². The van der Waals surface area contributed by atoms with Crippen molar-refractivity contribution in [2.24, 2.45) is 0 Å². The number of nitrogen functional groups attached to an aromatic ring is 1. The van der Waals surface area contributed by atoms with Crippen LogP contribution in [0.1, 0.15) is 16.1 Å². The number of nitrogens with one attached hydrogen (secondary N) is 1. The Morgan fingerprint density at radius 1 is 1.56 bits per heavy atom. The summed E-state index contributed by atoms with van der Waals surface area (Å²) in [5.41, 5.74) is 6.17. The second-order valence-electron chi connectivity index (χ2n) is 3.15. The smallest absolute Gasteiger partial charge is 0.263 e. The highest BCUT2D eigenvalue weighted by molar-refractivity contribution is 7.99. The highest BCUT2D eigenvalue weighted by Crippen LogP contribution is 2.18. The first-order valence-electron chi connectivity index (χ1n) is 5.05. The summed E-state index contributed by atoms with van der Waals surface area (Å²) in [6, 6.07) is 1.73. The number of aliphatic hydroxyl groups is 1. The number of thiophene rings is 1. The van der Waals surface area contributed by atoms with Gasteiger partial charge in [-0.25, -0.2) is 0 Å². The molecule has 6 heteroatoms. The van der Waals surface area contributed by atoms with Crippen molar-refractivity contribution in [1.82, 2.24) is 5.32 Å². The second-order valence-corrected chi connectivity index (χ2v) is 5.29. The lowest BCUT2D eigenvalue weighted by Gasteiger charge is -2.04. The van der Waals surface area contributed by atoms with Gasteiger partial charge in [0.2, 0.25) is 0 Å². The number of carbonyl (C=O) groups excluding carboxylic acids is 1. The zero-order valence-corrected chi connectivity index (χ0v) is 10.6. The van der Waals surface area contributed by atoms with Crippen molar-refractivity contribution in [3.63, 3.8) is 0 Å². The molecule has 0 bridgehead atoms. The van der Waals surface area contributed by atoms with Crippen LogP contribution in [-0.2, 0) is 0 Å². The molecule has 1 heterocycles. The van der Waals surface area contributed by atoms with Gasteiger partial charge in [-0.3, -0.25) is 4.79 Å². The zero-order valence-electron chi connectivity index (χ0n) is 8.94. The third kappa shape index (κ3) is 4.42. The molecule has 0 fully saturated rings. The van der Waals surface area contributed by atoms with Gasteiger partial charge in [0.15, 0.2) is 0 Å². The molecule has 4 N–H and O–H groups in total. The molecule has 1 rings (SSSR count). The van der Waals surface area contributed by atoms with Crippen LogP contribution in [-0.4, -0.2) is 35.7 Å². The predicted octanol–water partition coefficient (Wildman–Crippen LogP) is 1.18. The minimum absolute atomic E-state index is 0.102. The molecule has 0 atom stereocenters. The lowest BCUT2D eigenvalue weighted by molar-refractivity contribution is 0.0961. The molecule has 1 aromatic rings. The van der Waals surface area contributed by atoms with Crippen LogP contribution in [0.2, 0.25) is 0 Å². The van der Waals surface area contributed by atoms with E-state index in [1.165, 1.54) is 11.3 Å². The first-order valence-corrected chi connectivity index (χ1v) is 7.09. The van der Waals surface area contributed by atoms with Crippen LogP contribution in [0.4, 0.5) is 5.69 Å². The van der Waals surface area contributed by atoms with Crippen molar-refractivity contribution in [2.75, 3.05) is 30.4 Å². The molecule has 0 aromatic carbocycles. The van der Waals surface area contributed by atoms with Crippen molar-refractivity contribution >= 4 is 34.7 Å². The van der Waals surface area contributed by atoms with Crippen LogP contribution in [0.15, 0.2) is 11.4 Å². The summed E-state index contributed by atoms with van der Waals surface area (Å²) in [6.45, 7) is 0.858. The van der Waals surface area contributed by atoms with E-state index in [2.05, 4.69) is 5.32 Å². The van der Waals surface area contributed by atoms with E-state index in [4.69, 9.17) is 10.8 Å². The molecular formula is C10H16N2O2S2. The van der Waals surface area contributed by atoms with Gasteiger partial charge in [0.1, 0.15) is 4.88 Å². The Morgan fingerprint density at radius 3 is 3.00 bits per heavy atom. The van der Waals surface area contributed by atoms with E-state index in [1.807, 2.05) is 0 Å². The van der Waals surface area contributed by atoms with Crippen molar-refractivity contribution in [3.05, 3.63) is 16.3 Å². The topological polar surface area (TPSA) is 75.4 Å². The molecule has 16 heavy (non-hydrogen) atoms. The Balaban J connectivity index is 2.14. The Labute approximate surface area is 103 Å². The van der Waals surface area contributed by atoms with E-state index in [0.717, 1.165) is 17.9 Å². The van der Waals surface area contributed by atoms with E-state index < -0.39 is 0 Å². The lowest BCUT2D eigenvalue weighted by atomic mass is 10.4. The number of amides is 1. The summed E-state index contributed by atoms with van der Waals surface area (Å²) in [6.07, 6.45) is 0.802. The van der Waals surface area contributed by atoms with E-state index in [9.17, 15) is 4.79 Å². The molecule has 4 nitrogen and oxygen atoms in total. The maximum Gasteiger partial charge on any atom is 0.263 e. The zero-order chi connectivity index (χ0) is 11.8. The lowest BCUT2D eigenvalue weighted by Crippen LogP contribution is -2.25. The first kappa shape index (κ1) is 13.3. The number of anilines is 1. The fraction of sp³-hybridized carbons (Fsp3) is 0.500. The molecule has 0 aliphatic heterocycles. The van der Waals surface area contributed by atoms with E-state index in [-0.39, 0.29) is 12.5 Å². The quantitative estimate of drug-likeness (QED) is 0.643. The van der Waals surface area contributed by atoms with Crippen LogP contribution in [0.3, 0.4) is 0 Å². The van der Waals surface area contributed by atoms with Crippen LogP contribution in [0.25, 0.3) is 0 Å². The largest absolute Gasteiger partial charge is 0.397 e. The highest BCUT2D eigenvalue weighted by Gasteiger charge is 2.09. The first-order chi connectivity index (χ1) is 7.75. The van der Waals surface area contributed by atoms with Crippen LogP contribution in [0, 0.1) is 0 Å². The van der Waals surface area contributed by atoms with Crippen molar-refractivity contribution in [1.29, 1.82) is 0 Å². The number of rotatable bonds is 7. The molecule has 0 unspecified atom stereocenters. The molecular weight excluding hydrogens is 244 g/mol. The minimum Gasteiger partial charge on any atom is -0.397 e. The SMILES string of the molecule is Nc1ccsc1C(=O)NCCSCCCO. The maximum atomic E-state index is 11.6. The summed E-state index contributed by atoms with van der Waals surface area (Å²) in [7, 11) is 0. The molecule has 1 aromatic heterocycles. The van der Waals surface area contributed by atoms with E-state index in [0.29, 0.717) is 17.1 Å². The average molecular weight is 260 g/mol. The minimum atomic E-state index is -0.102. The molecule has 0 saturated carbocycles. The van der Waals surface area contributed by atoms with Gasteiger partial charge in [-0.15, -0.1) is 11.3 Å². The van der Waals surface area contributed by atoms with Gasteiger partial charge < -0.3 is 16.2 Å². The standard InChI is InChI=1S/C10H16N2O2S2/c11-8-2-6-16-9(8)10(14)12-3-7-15-5-1-4-13/h2,6,13H,1,3-5,7,11H2,(H,12,14). The third-order valence-corrected chi connectivity index (χ3v) is 3.88. The van der Waals surface area contributed by atoms with Crippen molar-refractivity contribution in [3.8, 4) is 0 Å². The summed E-state index contributed by atoms with van der Waals surface area (Å²) >= 11 is 3.07. The molecule has 0 saturated heterocycles. The molecule has 0 spiro atoms. The summed E-state index contributed by atoms with van der Waals surface area (Å²) in [4.78, 5) is 12.2. The molecule has 1 amide bonds. The van der Waals surface area contributed by atoms with Gasteiger partial charge in [0.25, 0.3) is 5.91 Å². The number of carbonyl (C=O) groups is 1. The second kappa shape index (κ2) is 7.54. The van der Waals surface area contributed by atoms with Crippen LogP contribution in [0.5, 0.6) is 0 Å². The summed E-state index contributed by atoms with van der Waals surface area (Å²) in [5, 5.41) is 13.2. The summed E-state index contributed by atoms with van der Waals surface area (Å²) < 4.78 is 0. The fourth-order valence-electron chi connectivity index (χ4n) is 1.09. The number of thioether (sulfide) groups is 1. The van der Waals surface area contributed by atoms with Gasteiger partial charge >= 0.3 is 0 Å². The maximum absolute atomic E-state index is 11.6. The monoisotopic (exact) mass is 260 g/mol. The predicted molar refractivity (Wildman–Crippen MR) is 70.1 cm³/mol. The average Bonchev–Trinajstić information content (AvgIpc) is 2.69. The van der Waals surface area contributed by atoms with Crippen molar-refractivity contribution in [2.45, 2.75) is 6.42 Å². The number of hydrogen-bond acceptors (Lipinski definition) is 5. The Morgan fingerprint density at radius 2 is 2.38 bits per heavy atom. The normalized spacial score (nSPS) is 10.3. The number of aliphatic hydroxyl groups excluding tert-OH is 1. The molecule has 90 valence electrons. The van der Waals surface area contributed by atoms with Gasteiger partial charge in [-0.05, 0) is 23.6 Å². The third-order valence-electron chi connectivity index (χ3n) is 1.88. The Bertz CT molecular complexity index is 328. The molecule has 0 radical (unpaired) electrons. The van der Waals surface area contributed by atoms with E-state index >= 15 is 0 Å². The highest BCUT2D eigenvalue weighted by atomic mass is 32.2. The van der Waals surface area contributed by atoms with Gasteiger partial charge in [0.05, 0.1) is 5.69 Å². The number of nitrogens with two attached hydrogens (primary N) is 1. The number of hydrogen-bond donors (Lipinski definition) is 3. The van der Waals surface area contributed by atoms with Crippen LogP contribution >= 0.6 is 23.1 Å². The molecule has 0 aliphatic carbocycles. The van der Waals surface area contributed by atoms with Gasteiger partial charge in [-0.2, -0.15) is 11.8 Å². The van der Waals surface area contributed by atoms with Crippen molar-refractivity contribution < 1.29 is 9.90 Å². The van der Waals surface area contributed by atoms with E-state index in [1.54, 1.807) is 23.2 Å². The Hall–Kier alpha value is -0.720. The van der Waals surface area contributed by atoms with Gasteiger partial charge in [-0.1, -0.05) is 0 Å². The van der Waals surface area contributed by atoms with Crippen LogP contribution < -0.4 is 11.1 Å².